The number of esters is 1. The van der Waals surface area contributed by atoms with Gasteiger partial charge in [0, 0.05) is 5.69 Å². The number of hydrogen-bond donors (Lipinski definition) is 1. The topological polar surface area (TPSA) is 59.2 Å². The van der Waals surface area contributed by atoms with E-state index in [4.69, 9.17) is 0 Å². The molecular formula is C20H18F5NO3. The highest BCUT2D eigenvalue weighted by Gasteiger charge is 2.30. The van der Waals surface area contributed by atoms with Crippen molar-refractivity contribution < 1.29 is 31.5 Å². The first-order chi connectivity index (χ1) is 13.5. The number of hydrogen-bond acceptors (Lipinski definition) is 3. The number of benzene rings is 1. The average molecular weight is 415 g/mol. The smallest absolute Gasteiger partial charge is 0.349 e. The number of rotatable bonds is 3. The predicted molar refractivity (Wildman–Crippen MR) is 93.2 cm³/mol. The molecule has 29 heavy (non-hydrogen) atoms. The average Bonchev–Trinajstić information content (AvgIpc) is 2.68. The predicted octanol–water partition coefficient (Wildman–Crippen LogP) is 4.97. The molecule has 1 aromatic heterocycles. The molecule has 156 valence electrons. The molecule has 1 aliphatic rings. The number of aromatic amines is 1. The van der Waals surface area contributed by atoms with E-state index in [1.54, 1.807) is 0 Å². The fourth-order valence-electron chi connectivity index (χ4n) is 3.42. The number of nitrogens with one attached hydrogen (secondary N) is 1. The maximum Gasteiger partial charge on any atom is 0.349 e. The van der Waals surface area contributed by atoms with Gasteiger partial charge in [-0.05, 0) is 49.1 Å². The minimum absolute atomic E-state index is 0.0935. The van der Waals surface area contributed by atoms with Crippen molar-refractivity contribution in [2.45, 2.75) is 45.4 Å². The molecule has 3 rings (SSSR count). The molecule has 1 aromatic carbocycles. The standard InChI is InChI=1S/C20H18F5NO3/c1-20(2)7-5-9(6-8-20)11-4-3-10(18(27)26-11)19(28)29-17-15(24)13(22)12(21)14(23)16(17)25/h3-4,9H,5-8H2,1-2H3,(H,26,27). The number of carbonyl (C=O) groups excluding carboxylic acids is 1. The van der Waals surface area contributed by atoms with Crippen LogP contribution in [0.15, 0.2) is 16.9 Å². The lowest BCUT2D eigenvalue weighted by Gasteiger charge is -2.34. The zero-order chi connectivity index (χ0) is 21.5. The summed E-state index contributed by atoms with van der Waals surface area (Å²) in [6.07, 6.45) is 3.61. The van der Waals surface area contributed by atoms with E-state index in [-0.39, 0.29) is 11.3 Å². The van der Waals surface area contributed by atoms with Crippen molar-refractivity contribution in [2.75, 3.05) is 0 Å². The molecule has 2 aromatic rings. The fraction of sp³-hybridized carbons (Fsp3) is 0.400. The number of aromatic nitrogens is 1. The summed E-state index contributed by atoms with van der Waals surface area (Å²) in [5.74, 6) is -14.7. The molecule has 1 N–H and O–H groups in total. The molecule has 0 aliphatic heterocycles. The molecule has 0 radical (unpaired) electrons. The lowest BCUT2D eigenvalue weighted by atomic mass is 9.72. The molecule has 0 atom stereocenters. The zero-order valence-electron chi connectivity index (χ0n) is 15.7. The Hall–Kier alpha value is -2.71. The van der Waals surface area contributed by atoms with Gasteiger partial charge >= 0.3 is 5.97 Å². The van der Waals surface area contributed by atoms with Crippen LogP contribution in [0.4, 0.5) is 22.0 Å². The second-order valence-corrected chi connectivity index (χ2v) is 7.88. The summed E-state index contributed by atoms with van der Waals surface area (Å²) in [7, 11) is 0. The highest BCUT2D eigenvalue weighted by Crippen LogP contribution is 2.41. The molecule has 0 saturated heterocycles. The Morgan fingerprint density at radius 3 is 2.00 bits per heavy atom. The van der Waals surface area contributed by atoms with E-state index < -0.39 is 51.9 Å². The monoisotopic (exact) mass is 415 g/mol. The molecule has 0 spiro atoms. The third kappa shape index (κ3) is 4.04. The van der Waals surface area contributed by atoms with Crippen molar-refractivity contribution >= 4 is 5.97 Å². The lowest BCUT2D eigenvalue weighted by Crippen LogP contribution is -2.26. The summed E-state index contributed by atoms with van der Waals surface area (Å²) in [5, 5.41) is 0. The van der Waals surface area contributed by atoms with Crippen LogP contribution in [-0.2, 0) is 0 Å². The van der Waals surface area contributed by atoms with Gasteiger partial charge in [-0.3, -0.25) is 4.79 Å². The third-order valence-corrected chi connectivity index (χ3v) is 5.30. The molecule has 4 nitrogen and oxygen atoms in total. The van der Waals surface area contributed by atoms with Crippen molar-refractivity contribution in [1.29, 1.82) is 0 Å². The van der Waals surface area contributed by atoms with E-state index in [1.807, 2.05) is 0 Å². The second kappa shape index (κ2) is 7.61. The minimum Gasteiger partial charge on any atom is -0.416 e. The number of ether oxygens (including phenoxy) is 1. The molecule has 1 heterocycles. The van der Waals surface area contributed by atoms with Crippen molar-refractivity contribution in [3.8, 4) is 5.75 Å². The van der Waals surface area contributed by atoms with E-state index in [2.05, 4.69) is 23.6 Å². The Kier molecular flexibility index (Phi) is 5.51. The second-order valence-electron chi connectivity index (χ2n) is 7.88. The van der Waals surface area contributed by atoms with Crippen molar-refractivity contribution in [2.24, 2.45) is 5.41 Å². The Balaban J connectivity index is 1.84. The summed E-state index contributed by atoms with van der Waals surface area (Å²) in [4.78, 5) is 26.9. The molecule has 1 fully saturated rings. The number of H-pyrrole nitrogens is 1. The largest absolute Gasteiger partial charge is 0.416 e. The first kappa shape index (κ1) is 21.0. The fourth-order valence-corrected chi connectivity index (χ4v) is 3.42. The highest BCUT2D eigenvalue weighted by atomic mass is 19.2. The van der Waals surface area contributed by atoms with Crippen molar-refractivity contribution in [1.82, 2.24) is 4.98 Å². The van der Waals surface area contributed by atoms with Gasteiger partial charge in [0.05, 0.1) is 0 Å². The van der Waals surface area contributed by atoms with Gasteiger partial charge in [0.1, 0.15) is 5.56 Å². The molecule has 0 unspecified atom stereocenters. The molecule has 1 saturated carbocycles. The van der Waals surface area contributed by atoms with Crippen LogP contribution in [0.3, 0.4) is 0 Å². The summed E-state index contributed by atoms with van der Waals surface area (Å²) in [6.45, 7) is 4.31. The molecular weight excluding hydrogens is 397 g/mol. The van der Waals surface area contributed by atoms with Crippen LogP contribution in [0.25, 0.3) is 0 Å². The molecule has 9 heteroatoms. The summed E-state index contributed by atoms with van der Waals surface area (Å²) in [5.41, 5.74) is -0.665. The normalized spacial score (nSPS) is 16.7. The molecule has 1 aliphatic carbocycles. The highest BCUT2D eigenvalue weighted by molar-refractivity contribution is 5.90. The third-order valence-electron chi connectivity index (χ3n) is 5.30. The van der Waals surface area contributed by atoms with Gasteiger partial charge in [-0.25, -0.2) is 18.0 Å². The Labute approximate surface area is 162 Å². The van der Waals surface area contributed by atoms with Crippen LogP contribution in [-0.4, -0.2) is 11.0 Å². The van der Waals surface area contributed by atoms with Crippen molar-refractivity contribution in [3.05, 3.63) is 62.8 Å². The minimum atomic E-state index is -2.38. The number of halogens is 5. The van der Waals surface area contributed by atoms with Crippen LogP contribution < -0.4 is 10.3 Å². The van der Waals surface area contributed by atoms with E-state index >= 15 is 0 Å². The van der Waals surface area contributed by atoms with Crippen LogP contribution in [0.1, 0.15) is 61.5 Å². The molecule has 0 bridgehead atoms. The van der Waals surface area contributed by atoms with E-state index in [9.17, 15) is 31.5 Å². The Morgan fingerprint density at radius 1 is 0.966 bits per heavy atom. The quantitative estimate of drug-likeness (QED) is 0.253. The van der Waals surface area contributed by atoms with Gasteiger partial charge in [0.2, 0.25) is 34.8 Å². The zero-order valence-corrected chi connectivity index (χ0v) is 15.7. The van der Waals surface area contributed by atoms with Crippen molar-refractivity contribution in [3.63, 3.8) is 0 Å². The lowest BCUT2D eigenvalue weighted by molar-refractivity contribution is 0.0714. The van der Waals surface area contributed by atoms with Gasteiger partial charge in [-0.2, -0.15) is 8.78 Å². The van der Waals surface area contributed by atoms with E-state index in [0.29, 0.717) is 5.69 Å². The van der Waals surface area contributed by atoms with Gasteiger partial charge < -0.3 is 9.72 Å². The number of pyridine rings is 1. The summed E-state index contributed by atoms with van der Waals surface area (Å²) in [6, 6.07) is 2.60. The van der Waals surface area contributed by atoms with E-state index in [0.717, 1.165) is 31.7 Å². The van der Waals surface area contributed by atoms with Gasteiger partial charge in [0.25, 0.3) is 5.56 Å². The van der Waals surface area contributed by atoms with Crippen LogP contribution in [0, 0.1) is 34.5 Å². The van der Waals surface area contributed by atoms with Crippen LogP contribution in [0.5, 0.6) is 5.75 Å². The van der Waals surface area contributed by atoms with Crippen LogP contribution >= 0.6 is 0 Å². The Bertz CT molecular complexity index is 993. The van der Waals surface area contributed by atoms with Gasteiger partial charge in [-0.1, -0.05) is 13.8 Å². The molecule has 0 amide bonds. The van der Waals surface area contributed by atoms with Crippen LogP contribution in [0.2, 0.25) is 0 Å². The maximum atomic E-state index is 13.7. The summed E-state index contributed by atoms with van der Waals surface area (Å²) < 4.78 is 71.2. The summed E-state index contributed by atoms with van der Waals surface area (Å²) >= 11 is 0. The Morgan fingerprint density at radius 2 is 1.48 bits per heavy atom. The van der Waals surface area contributed by atoms with Gasteiger partial charge in [0.15, 0.2) is 0 Å². The first-order valence-corrected chi connectivity index (χ1v) is 8.98. The maximum absolute atomic E-state index is 13.7. The number of carbonyl (C=O) groups is 1. The van der Waals surface area contributed by atoms with E-state index in [1.165, 1.54) is 6.07 Å². The SMILES string of the molecule is CC1(C)CCC(c2ccc(C(=O)Oc3c(F)c(F)c(F)c(F)c3F)c(=O)[nH]2)CC1. The van der Waals surface area contributed by atoms with Gasteiger partial charge in [-0.15, -0.1) is 0 Å². The first-order valence-electron chi connectivity index (χ1n) is 8.98.